The second-order valence-electron chi connectivity index (χ2n) is 7.33. The van der Waals surface area contributed by atoms with Gasteiger partial charge in [-0.2, -0.15) is 0 Å². The summed E-state index contributed by atoms with van der Waals surface area (Å²) >= 11 is 8.70. The van der Waals surface area contributed by atoms with Crippen LogP contribution in [0, 0.1) is 0 Å². The molecule has 170 valence electrons. The van der Waals surface area contributed by atoms with Gasteiger partial charge < -0.3 is 19.7 Å². The van der Waals surface area contributed by atoms with Gasteiger partial charge in [0, 0.05) is 37.0 Å². The highest BCUT2D eigenvalue weighted by Gasteiger charge is 2.18. The fourth-order valence-corrected chi connectivity index (χ4v) is 4.05. The highest BCUT2D eigenvalue weighted by molar-refractivity contribution is 9.10. The van der Waals surface area contributed by atoms with E-state index in [0.29, 0.717) is 40.3 Å². The van der Waals surface area contributed by atoms with Crippen molar-refractivity contribution in [2.45, 2.75) is 19.3 Å². The molecule has 0 aromatic heterocycles. The van der Waals surface area contributed by atoms with Gasteiger partial charge in [-0.25, -0.2) is 0 Å². The minimum absolute atomic E-state index is 0.0148. The molecule has 3 rings (SSSR count). The number of hydrogen-bond donors (Lipinski definition) is 2. The summed E-state index contributed by atoms with van der Waals surface area (Å²) in [7, 11) is 1.60. The molecule has 2 aromatic carbocycles. The first kappa shape index (κ1) is 24.2. The van der Waals surface area contributed by atoms with Crippen LogP contribution >= 0.6 is 28.1 Å². The van der Waals surface area contributed by atoms with Crippen LogP contribution in [0.5, 0.6) is 5.75 Å². The molecule has 9 heteroatoms. The first-order valence-electron chi connectivity index (χ1n) is 10.4. The Morgan fingerprint density at radius 1 is 1.06 bits per heavy atom. The highest BCUT2D eigenvalue weighted by atomic mass is 79.9. The van der Waals surface area contributed by atoms with Gasteiger partial charge in [0.25, 0.3) is 11.8 Å². The maximum absolute atomic E-state index is 12.7. The minimum Gasteiger partial charge on any atom is -0.490 e. The summed E-state index contributed by atoms with van der Waals surface area (Å²) in [6.07, 6.45) is 3.24. The molecular weight excluding hydrogens is 494 g/mol. The van der Waals surface area contributed by atoms with Gasteiger partial charge in [-0.3, -0.25) is 14.9 Å². The molecule has 2 aromatic rings. The summed E-state index contributed by atoms with van der Waals surface area (Å²) in [5.41, 5.74) is 1.66. The molecule has 0 aliphatic carbocycles. The van der Waals surface area contributed by atoms with Crippen molar-refractivity contribution in [1.82, 2.24) is 10.2 Å². The average molecular weight is 520 g/mol. The molecule has 0 atom stereocenters. The highest BCUT2D eigenvalue weighted by Crippen LogP contribution is 2.26. The number of methoxy groups -OCH3 is 1. The number of nitrogens with one attached hydrogen (secondary N) is 2. The number of rotatable bonds is 7. The zero-order chi connectivity index (χ0) is 22.9. The van der Waals surface area contributed by atoms with Gasteiger partial charge in [-0.1, -0.05) is 6.07 Å². The van der Waals surface area contributed by atoms with E-state index in [-0.39, 0.29) is 16.9 Å². The Kier molecular flexibility index (Phi) is 9.01. The Morgan fingerprint density at radius 2 is 1.84 bits per heavy atom. The Bertz CT molecular complexity index is 979. The van der Waals surface area contributed by atoms with Crippen LogP contribution in [0.1, 0.15) is 40.0 Å². The summed E-state index contributed by atoms with van der Waals surface area (Å²) in [6.45, 7) is 2.46. The molecule has 0 unspecified atom stereocenters. The van der Waals surface area contributed by atoms with Crippen molar-refractivity contribution in [3.05, 3.63) is 58.1 Å². The number of anilines is 1. The molecular formula is C23H26BrN3O4S. The molecule has 1 saturated heterocycles. The summed E-state index contributed by atoms with van der Waals surface area (Å²) in [6, 6.07) is 12.2. The summed E-state index contributed by atoms with van der Waals surface area (Å²) in [4.78, 5) is 27.2. The monoisotopic (exact) mass is 519 g/mol. The molecule has 0 bridgehead atoms. The van der Waals surface area contributed by atoms with Crippen molar-refractivity contribution in [2.24, 2.45) is 0 Å². The van der Waals surface area contributed by atoms with Gasteiger partial charge in [0.15, 0.2) is 5.11 Å². The first-order chi connectivity index (χ1) is 15.5. The lowest BCUT2D eigenvalue weighted by Crippen LogP contribution is -2.36. The summed E-state index contributed by atoms with van der Waals surface area (Å²) in [5.74, 6) is 0.280. The van der Waals surface area contributed by atoms with Gasteiger partial charge in [-0.05, 0) is 83.8 Å². The predicted molar refractivity (Wildman–Crippen MR) is 131 cm³/mol. The molecule has 1 heterocycles. The molecule has 7 nitrogen and oxygen atoms in total. The summed E-state index contributed by atoms with van der Waals surface area (Å²) in [5, 5.41) is 5.79. The molecule has 0 spiro atoms. The van der Waals surface area contributed by atoms with E-state index >= 15 is 0 Å². The number of ether oxygens (including phenoxy) is 2. The van der Waals surface area contributed by atoms with Gasteiger partial charge >= 0.3 is 0 Å². The van der Waals surface area contributed by atoms with Gasteiger partial charge in [0.2, 0.25) is 0 Å². The van der Waals surface area contributed by atoms with Crippen LogP contribution in [0.4, 0.5) is 5.69 Å². The normalized spacial score (nSPS) is 13.4. The van der Waals surface area contributed by atoms with Gasteiger partial charge in [0.05, 0.1) is 11.1 Å². The zero-order valence-corrected chi connectivity index (χ0v) is 20.3. The number of carbonyl (C=O) groups is 2. The zero-order valence-electron chi connectivity index (χ0n) is 17.9. The van der Waals surface area contributed by atoms with Crippen LogP contribution in [0.25, 0.3) is 0 Å². The van der Waals surface area contributed by atoms with Gasteiger partial charge in [-0.15, -0.1) is 0 Å². The number of piperidine rings is 1. The van der Waals surface area contributed by atoms with Crippen LogP contribution < -0.4 is 15.4 Å². The lowest BCUT2D eigenvalue weighted by Gasteiger charge is -2.26. The maximum Gasteiger partial charge on any atom is 0.257 e. The number of likely N-dealkylation sites (tertiary alicyclic amines) is 1. The molecule has 32 heavy (non-hydrogen) atoms. The van der Waals surface area contributed by atoms with Crippen molar-refractivity contribution in [3.8, 4) is 5.75 Å². The Balaban J connectivity index is 1.57. The van der Waals surface area contributed by atoms with Gasteiger partial charge in [0.1, 0.15) is 12.4 Å². The number of thiocarbonyl (C=S) groups is 1. The number of carbonyl (C=O) groups excluding carboxylic acids is 2. The molecule has 1 aliphatic rings. The maximum atomic E-state index is 12.7. The van der Waals surface area contributed by atoms with Crippen molar-refractivity contribution in [1.29, 1.82) is 0 Å². The number of benzene rings is 2. The number of amides is 2. The third-order valence-corrected chi connectivity index (χ3v) is 5.80. The van der Waals surface area contributed by atoms with Crippen molar-refractivity contribution in [2.75, 3.05) is 38.7 Å². The van der Waals surface area contributed by atoms with E-state index in [4.69, 9.17) is 21.7 Å². The van der Waals surface area contributed by atoms with Crippen molar-refractivity contribution >= 4 is 50.8 Å². The molecule has 2 N–H and O–H groups in total. The van der Waals surface area contributed by atoms with E-state index in [2.05, 4.69) is 26.6 Å². The fourth-order valence-electron chi connectivity index (χ4n) is 3.34. The van der Waals surface area contributed by atoms with Crippen LogP contribution in [0.15, 0.2) is 46.9 Å². The quantitative estimate of drug-likeness (QED) is 0.421. The fraction of sp³-hybridized carbons (Fsp3) is 0.348. The average Bonchev–Trinajstić information content (AvgIpc) is 2.80. The van der Waals surface area contributed by atoms with E-state index in [9.17, 15) is 9.59 Å². The van der Waals surface area contributed by atoms with E-state index in [0.717, 1.165) is 25.9 Å². The smallest absolute Gasteiger partial charge is 0.257 e. The SMILES string of the molecule is COCCOc1ccc(C(=O)NC(=S)Nc2cccc(C(=O)N3CCCCC3)c2)cc1Br. The van der Waals surface area contributed by atoms with Crippen molar-refractivity contribution < 1.29 is 19.1 Å². The lowest BCUT2D eigenvalue weighted by molar-refractivity contribution is 0.0724. The molecule has 1 aliphatic heterocycles. The Morgan fingerprint density at radius 3 is 2.56 bits per heavy atom. The topological polar surface area (TPSA) is 79.9 Å². The minimum atomic E-state index is -0.354. The Labute approximate surface area is 201 Å². The van der Waals surface area contributed by atoms with Crippen molar-refractivity contribution in [3.63, 3.8) is 0 Å². The van der Waals surface area contributed by atoms with E-state index in [1.807, 2.05) is 4.90 Å². The van der Waals surface area contributed by atoms with Crippen LogP contribution in [0.2, 0.25) is 0 Å². The third kappa shape index (κ3) is 6.75. The summed E-state index contributed by atoms with van der Waals surface area (Å²) < 4.78 is 11.2. The molecule has 0 saturated carbocycles. The second-order valence-corrected chi connectivity index (χ2v) is 8.59. The van der Waals surface area contributed by atoms with Crippen LogP contribution in [-0.4, -0.2) is 55.2 Å². The molecule has 0 radical (unpaired) electrons. The van der Waals surface area contributed by atoms with Crippen LogP contribution in [-0.2, 0) is 4.74 Å². The first-order valence-corrected chi connectivity index (χ1v) is 11.6. The molecule has 1 fully saturated rings. The second kappa shape index (κ2) is 11.9. The van der Waals surface area contributed by atoms with E-state index in [1.165, 1.54) is 6.42 Å². The number of nitrogens with zero attached hydrogens (tertiary/aromatic N) is 1. The van der Waals surface area contributed by atoms with E-state index in [1.54, 1.807) is 49.6 Å². The largest absolute Gasteiger partial charge is 0.490 e. The molecule has 2 amide bonds. The third-order valence-electron chi connectivity index (χ3n) is 4.98. The standard InChI is InChI=1S/C23H26BrN3O4S/c1-30-12-13-31-20-9-8-16(15-19(20)24)21(28)26-23(32)25-18-7-5-6-17(14-18)22(29)27-10-3-2-4-11-27/h5-9,14-15H,2-4,10-13H2,1H3,(H2,25,26,28,32). The number of halogens is 1. The van der Waals surface area contributed by atoms with E-state index < -0.39 is 0 Å². The predicted octanol–water partition coefficient (Wildman–Crippen LogP) is 4.23. The Hall–Kier alpha value is -2.49. The van der Waals surface area contributed by atoms with Crippen LogP contribution in [0.3, 0.4) is 0 Å². The number of hydrogen-bond acceptors (Lipinski definition) is 5. The lowest BCUT2D eigenvalue weighted by atomic mass is 10.1.